The van der Waals surface area contributed by atoms with Gasteiger partial charge in [-0.15, -0.1) is 0 Å². The lowest BCUT2D eigenvalue weighted by Gasteiger charge is -2.44. The van der Waals surface area contributed by atoms with Crippen LogP contribution in [0.15, 0.2) is 0 Å². The van der Waals surface area contributed by atoms with E-state index in [4.69, 9.17) is 23.7 Å². The molecule has 14 atom stereocenters. The number of hydrogen-bond acceptors (Lipinski definition) is 16. The average Bonchev–Trinajstić information content (AvgIpc) is 3.08. The molecule has 3 rings (SSSR count). The zero-order chi connectivity index (χ0) is 25.4. The summed E-state index contributed by atoms with van der Waals surface area (Å²) < 4.78 is 26.4. The third-order valence-electron chi connectivity index (χ3n) is 6.16. The van der Waals surface area contributed by atoms with Crippen molar-refractivity contribution in [3.63, 3.8) is 0 Å². The highest BCUT2D eigenvalue weighted by Gasteiger charge is 2.58. The van der Waals surface area contributed by atoms with Crippen LogP contribution in [-0.4, -0.2) is 168 Å². The number of ether oxygens (including phenoxy) is 5. The smallest absolute Gasteiger partial charge is 0.224 e. The summed E-state index contributed by atoms with van der Waals surface area (Å²) in [7, 11) is 0. The molecular formula is C18H32O16. The minimum absolute atomic E-state index is 0.634. The zero-order valence-corrected chi connectivity index (χ0v) is 17.8. The first-order chi connectivity index (χ1) is 16.0. The summed E-state index contributed by atoms with van der Waals surface area (Å²) in [6, 6.07) is 0. The van der Waals surface area contributed by atoms with Crippen LogP contribution in [0.2, 0.25) is 0 Å². The summed E-state index contributed by atoms with van der Waals surface area (Å²) in [5, 5.41) is 109. The van der Waals surface area contributed by atoms with E-state index in [0.29, 0.717) is 0 Å². The Balaban J connectivity index is 1.69. The molecule has 0 bridgehead atoms. The molecule has 200 valence electrons. The van der Waals surface area contributed by atoms with E-state index in [9.17, 15) is 56.2 Å². The van der Waals surface area contributed by atoms with E-state index in [1.54, 1.807) is 0 Å². The molecule has 0 saturated carbocycles. The Labute approximate surface area is 192 Å². The highest BCUT2D eigenvalue weighted by Crippen LogP contribution is 2.36. The summed E-state index contributed by atoms with van der Waals surface area (Å²) in [4.78, 5) is 0. The molecule has 0 aromatic rings. The van der Waals surface area contributed by atoms with Crippen molar-refractivity contribution in [1.29, 1.82) is 0 Å². The molecule has 16 heteroatoms. The van der Waals surface area contributed by atoms with E-state index < -0.39 is 112 Å². The molecule has 0 spiro atoms. The second kappa shape index (κ2) is 11.2. The van der Waals surface area contributed by atoms with Gasteiger partial charge in [0.2, 0.25) is 5.79 Å². The molecule has 16 nitrogen and oxygen atoms in total. The van der Waals surface area contributed by atoms with Gasteiger partial charge in [-0.25, -0.2) is 0 Å². The van der Waals surface area contributed by atoms with Crippen LogP contribution in [0.5, 0.6) is 0 Å². The van der Waals surface area contributed by atoms with E-state index in [2.05, 4.69) is 0 Å². The minimum atomic E-state index is -2.36. The molecule has 0 aromatic heterocycles. The van der Waals surface area contributed by atoms with E-state index in [-0.39, 0.29) is 0 Å². The van der Waals surface area contributed by atoms with Gasteiger partial charge in [0.25, 0.3) is 0 Å². The van der Waals surface area contributed by atoms with Gasteiger partial charge in [-0.3, -0.25) is 0 Å². The van der Waals surface area contributed by atoms with Gasteiger partial charge in [0, 0.05) is 0 Å². The first-order valence-electron chi connectivity index (χ1n) is 10.6. The monoisotopic (exact) mass is 504 g/mol. The van der Waals surface area contributed by atoms with Gasteiger partial charge < -0.3 is 79.9 Å². The summed E-state index contributed by atoms with van der Waals surface area (Å²) in [5.74, 6) is -2.36. The van der Waals surface area contributed by atoms with Gasteiger partial charge in [-0.2, -0.15) is 0 Å². The summed E-state index contributed by atoms with van der Waals surface area (Å²) >= 11 is 0. The van der Waals surface area contributed by atoms with E-state index in [0.717, 1.165) is 0 Å². The van der Waals surface area contributed by atoms with Crippen LogP contribution in [0.4, 0.5) is 0 Å². The Morgan fingerprint density at radius 3 is 1.65 bits per heavy atom. The van der Waals surface area contributed by atoms with Gasteiger partial charge in [0.1, 0.15) is 73.8 Å². The topological polar surface area (TPSA) is 269 Å². The Bertz CT molecular complexity index is 653. The standard InChI is InChI=1S/C18H32O16/c19-1-5-8(22)11(25)13(27)16(31-5)30-3-7-9(23)12(26)14(28)17(32-7)34-18(4-21)15(29)10(24)6(2-20)33-18/h5-17,19-29H,1-4H2/t5-,6-,7-,8+,9-,10-,11-,12-,13-,14-,15+,16+,17-,18+/m1/s1. The Morgan fingerprint density at radius 2 is 1.12 bits per heavy atom. The van der Waals surface area contributed by atoms with Crippen molar-refractivity contribution >= 4 is 0 Å². The maximum absolute atomic E-state index is 10.3. The molecule has 0 amide bonds. The van der Waals surface area contributed by atoms with Crippen LogP contribution in [-0.2, 0) is 23.7 Å². The summed E-state index contributed by atoms with van der Waals surface area (Å²) in [6.07, 6.45) is -21.8. The first-order valence-corrected chi connectivity index (χ1v) is 10.6. The normalized spacial score (nSPS) is 52.1. The lowest BCUT2D eigenvalue weighted by atomic mass is 9.98. The van der Waals surface area contributed by atoms with Gasteiger partial charge >= 0.3 is 0 Å². The molecule has 3 aliphatic rings. The van der Waals surface area contributed by atoms with Crippen molar-refractivity contribution in [3.05, 3.63) is 0 Å². The third-order valence-corrected chi connectivity index (χ3v) is 6.16. The predicted molar refractivity (Wildman–Crippen MR) is 101 cm³/mol. The van der Waals surface area contributed by atoms with Crippen LogP contribution in [0.3, 0.4) is 0 Å². The van der Waals surface area contributed by atoms with Gasteiger partial charge in [-0.1, -0.05) is 0 Å². The fourth-order valence-corrected chi connectivity index (χ4v) is 4.01. The van der Waals surface area contributed by atoms with Crippen molar-refractivity contribution in [2.45, 2.75) is 85.5 Å². The third kappa shape index (κ3) is 5.09. The number of aliphatic hydroxyl groups is 11. The van der Waals surface area contributed by atoms with Crippen molar-refractivity contribution in [3.8, 4) is 0 Å². The van der Waals surface area contributed by atoms with E-state index in [1.165, 1.54) is 0 Å². The van der Waals surface area contributed by atoms with Crippen molar-refractivity contribution < 1.29 is 79.9 Å². The molecule has 3 heterocycles. The van der Waals surface area contributed by atoms with Crippen molar-refractivity contribution in [2.75, 3.05) is 26.4 Å². The molecule has 0 unspecified atom stereocenters. The Morgan fingerprint density at radius 1 is 0.588 bits per heavy atom. The molecule has 0 aromatic carbocycles. The molecule has 3 aliphatic heterocycles. The van der Waals surface area contributed by atoms with Crippen molar-refractivity contribution in [2.24, 2.45) is 0 Å². The fraction of sp³-hybridized carbons (Fsp3) is 1.00. The maximum atomic E-state index is 10.3. The summed E-state index contributed by atoms with van der Waals surface area (Å²) in [5.41, 5.74) is 0. The molecule has 0 radical (unpaired) electrons. The molecule has 3 fully saturated rings. The second-order valence-corrected chi connectivity index (χ2v) is 8.41. The fourth-order valence-electron chi connectivity index (χ4n) is 4.01. The van der Waals surface area contributed by atoms with Crippen LogP contribution in [0.25, 0.3) is 0 Å². The van der Waals surface area contributed by atoms with Crippen LogP contribution in [0.1, 0.15) is 0 Å². The van der Waals surface area contributed by atoms with Crippen LogP contribution < -0.4 is 0 Å². The van der Waals surface area contributed by atoms with Crippen LogP contribution in [0, 0.1) is 0 Å². The molecule has 11 N–H and O–H groups in total. The highest BCUT2D eigenvalue weighted by molar-refractivity contribution is 4.98. The lowest BCUT2D eigenvalue weighted by Crippen LogP contribution is -2.63. The SMILES string of the molecule is OC[C@H]1O[C@H](OC[C@H]2O[C@H](O[C@]3(CO)O[C@H](CO)[C@@H](O)[C@@H]3O)[C@H](O)[C@H](O)[C@@H]2O)[C@H](O)[C@H](O)[C@H]1O. The second-order valence-electron chi connectivity index (χ2n) is 8.41. The Kier molecular flexibility index (Phi) is 9.18. The maximum Gasteiger partial charge on any atom is 0.224 e. The Hall–Kier alpha value is -0.640. The number of rotatable bonds is 8. The van der Waals surface area contributed by atoms with Crippen LogP contribution >= 0.6 is 0 Å². The molecule has 3 saturated heterocycles. The van der Waals surface area contributed by atoms with Gasteiger partial charge in [0.15, 0.2) is 12.6 Å². The van der Waals surface area contributed by atoms with E-state index >= 15 is 0 Å². The van der Waals surface area contributed by atoms with Gasteiger partial charge in [0.05, 0.1) is 19.8 Å². The minimum Gasteiger partial charge on any atom is -0.394 e. The largest absolute Gasteiger partial charge is 0.394 e. The first kappa shape index (κ1) is 27.9. The molecule has 0 aliphatic carbocycles. The summed E-state index contributed by atoms with van der Waals surface area (Å²) in [6.45, 7) is -3.14. The van der Waals surface area contributed by atoms with E-state index in [1.807, 2.05) is 0 Å². The predicted octanol–water partition coefficient (Wildman–Crippen LogP) is -7.57. The average molecular weight is 504 g/mol. The highest BCUT2D eigenvalue weighted by atomic mass is 16.8. The quantitative estimate of drug-likeness (QED) is 0.146. The molecular weight excluding hydrogens is 472 g/mol. The number of aliphatic hydroxyl groups excluding tert-OH is 11. The number of hydrogen-bond donors (Lipinski definition) is 11. The molecule has 34 heavy (non-hydrogen) atoms. The zero-order valence-electron chi connectivity index (χ0n) is 17.8. The lowest BCUT2D eigenvalue weighted by molar-refractivity contribution is -0.388. The van der Waals surface area contributed by atoms with Gasteiger partial charge in [-0.05, 0) is 0 Å². The van der Waals surface area contributed by atoms with Crippen molar-refractivity contribution in [1.82, 2.24) is 0 Å².